The van der Waals surface area contributed by atoms with E-state index in [9.17, 15) is 9.59 Å². The molecule has 0 unspecified atom stereocenters. The number of urea groups is 1. The maximum Gasteiger partial charge on any atom is 0.323 e. The summed E-state index contributed by atoms with van der Waals surface area (Å²) >= 11 is 0. The molecule has 2 aromatic rings. The molecular formula is C23H31N5O4. The average molecular weight is 442 g/mol. The molecule has 9 nitrogen and oxygen atoms in total. The van der Waals surface area contributed by atoms with Gasteiger partial charge in [-0.25, -0.2) is 4.79 Å². The van der Waals surface area contributed by atoms with Crippen molar-refractivity contribution in [3.05, 3.63) is 48.0 Å². The predicted molar refractivity (Wildman–Crippen MR) is 126 cm³/mol. The fourth-order valence-corrected chi connectivity index (χ4v) is 3.40. The average Bonchev–Trinajstić information content (AvgIpc) is 2.80. The SMILES string of the molecule is COc1ccc(NC(=O)Nc2ccc(N(C)C)c(C(=O)NCCN3CCOCC3)c2)cc1. The minimum atomic E-state index is -0.397. The van der Waals surface area contributed by atoms with E-state index in [1.165, 1.54) is 0 Å². The lowest BCUT2D eigenvalue weighted by Crippen LogP contribution is -2.41. The molecule has 1 saturated heterocycles. The lowest BCUT2D eigenvalue weighted by Gasteiger charge is -2.26. The fourth-order valence-electron chi connectivity index (χ4n) is 3.40. The number of methoxy groups -OCH3 is 1. The largest absolute Gasteiger partial charge is 0.497 e. The van der Waals surface area contributed by atoms with Gasteiger partial charge in [-0.1, -0.05) is 0 Å². The van der Waals surface area contributed by atoms with Crippen molar-refractivity contribution in [1.82, 2.24) is 10.2 Å². The van der Waals surface area contributed by atoms with Gasteiger partial charge >= 0.3 is 6.03 Å². The number of rotatable bonds is 8. The van der Waals surface area contributed by atoms with E-state index in [4.69, 9.17) is 9.47 Å². The number of carbonyl (C=O) groups excluding carboxylic acids is 2. The smallest absolute Gasteiger partial charge is 0.323 e. The van der Waals surface area contributed by atoms with Crippen molar-refractivity contribution < 1.29 is 19.1 Å². The second-order valence-electron chi connectivity index (χ2n) is 7.64. The van der Waals surface area contributed by atoms with Crippen molar-refractivity contribution in [3.8, 4) is 5.75 Å². The summed E-state index contributed by atoms with van der Waals surface area (Å²) in [6, 6.07) is 11.9. The molecule has 1 fully saturated rings. The Morgan fingerprint density at radius 2 is 1.69 bits per heavy atom. The molecule has 1 heterocycles. The van der Waals surface area contributed by atoms with E-state index in [0.717, 1.165) is 38.5 Å². The molecule has 0 aliphatic carbocycles. The van der Waals surface area contributed by atoms with Crippen LogP contribution in [-0.4, -0.2) is 77.4 Å². The van der Waals surface area contributed by atoms with Crippen molar-refractivity contribution >= 4 is 29.0 Å². The Morgan fingerprint density at radius 3 is 2.34 bits per heavy atom. The fraction of sp³-hybridized carbons (Fsp3) is 0.391. The molecule has 0 saturated carbocycles. The second-order valence-corrected chi connectivity index (χ2v) is 7.64. The summed E-state index contributed by atoms with van der Waals surface area (Å²) in [7, 11) is 5.34. The number of anilines is 3. The van der Waals surface area contributed by atoms with Gasteiger partial charge in [0, 0.05) is 57.3 Å². The Labute approximate surface area is 188 Å². The molecule has 9 heteroatoms. The molecule has 32 heavy (non-hydrogen) atoms. The monoisotopic (exact) mass is 441 g/mol. The van der Waals surface area contributed by atoms with Gasteiger partial charge in [-0.2, -0.15) is 0 Å². The van der Waals surface area contributed by atoms with Crippen LogP contribution in [0.2, 0.25) is 0 Å². The lowest BCUT2D eigenvalue weighted by atomic mass is 10.1. The Morgan fingerprint density at radius 1 is 1.03 bits per heavy atom. The Balaban J connectivity index is 1.62. The van der Waals surface area contributed by atoms with Gasteiger partial charge in [-0.3, -0.25) is 9.69 Å². The predicted octanol–water partition coefficient (Wildman–Crippen LogP) is 2.47. The first kappa shape index (κ1) is 23.4. The van der Waals surface area contributed by atoms with Crippen molar-refractivity contribution in [3.63, 3.8) is 0 Å². The van der Waals surface area contributed by atoms with E-state index in [1.807, 2.05) is 25.1 Å². The zero-order valence-electron chi connectivity index (χ0n) is 18.8. The van der Waals surface area contributed by atoms with Crippen LogP contribution in [0.15, 0.2) is 42.5 Å². The zero-order chi connectivity index (χ0) is 22.9. The first-order chi connectivity index (χ1) is 15.5. The third-order valence-electron chi connectivity index (χ3n) is 5.15. The van der Waals surface area contributed by atoms with Crippen molar-refractivity contribution in [1.29, 1.82) is 0 Å². The molecular weight excluding hydrogens is 410 g/mol. The molecule has 0 spiro atoms. The Bertz CT molecular complexity index is 911. The topological polar surface area (TPSA) is 95.2 Å². The van der Waals surface area contributed by atoms with E-state index >= 15 is 0 Å². The molecule has 3 amide bonds. The molecule has 3 rings (SSSR count). The molecule has 0 atom stereocenters. The summed E-state index contributed by atoms with van der Waals surface area (Å²) in [5, 5.41) is 8.54. The minimum absolute atomic E-state index is 0.179. The number of morpholine rings is 1. The summed E-state index contributed by atoms with van der Waals surface area (Å²) in [5.74, 6) is 0.528. The van der Waals surface area contributed by atoms with E-state index in [-0.39, 0.29) is 5.91 Å². The van der Waals surface area contributed by atoms with Crippen LogP contribution < -0.4 is 25.6 Å². The molecule has 0 bridgehead atoms. The maximum absolute atomic E-state index is 12.9. The van der Waals surface area contributed by atoms with E-state index in [2.05, 4.69) is 20.9 Å². The number of carbonyl (C=O) groups is 2. The van der Waals surface area contributed by atoms with Crippen LogP contribution in [0.5, 0.6) is 5.75 Å². The summed E-state index contributed by atoms with van der Waals surface area (Å²) in [4.78, 5) is 29.4. The molecule has 0 radical (unpaired) electrons. The highest BCUT2D eigenvalue weighted by atomic mass is 16.5. The number of nitrogens with zero attached hydrogens (tertiary/aromatic N) is 2. The number of amides is 3. The number of hydrogen-bond acceptors (Lipinski definition) is 6. The van der Waals surface area contributed by atoms with E-state index < -0.39 is 6.03 Å². The quantitative estimate of drug-likeness (QED) is 0.583. The van der Waals surface area contributed by atoms with Crippen LogP contribution in [0, 0.1) is 0 Å². The Hall–Kier alpha value is -3.30. The van der Waals surface area contributed by atoms with Crippen molar-refractivity contribution in [2.75, 3.05) is 76.1 Å². The first-order valence-electron chi connectivity index (χ1n) is 10.6. The Kier molecular flexibility index (Phi) is 8.29. The van der Waals surface area contributed by atoms with Gasteiger partial charge < -0.3 is 30.3 Å². The van der Waals surface area contributed by atoms with Crippen LogP contribution in [0.1, 0.15) is 10.4 Å². The number of benzene rings is 2. The van der Waals surface area contributed by atoms with Gasteiger partial charge in [0.1, 0.15) is 5.75 Å². The summed E-state index contributed by atoms with van der Waals surface area (Å²) in [6.07, 6.45) is 0. The van der Waals surface area contributed by atoms with Gasteiger partial charge in [0.25, 0.3) is 5.91 Å². The highest BCUT2D eigenvalue weighted by Crippen LogP contribution is 2.23. The molecule has 172 valence electrons. The third-order valence-corrected chi connectivity index (χ3v) is 5.15. The van der Waals surface area contributed by atoms with Crippen LogP contribution in [0.4, 0.5) is 21.9 Å². The van der Waals surface area contributed by atoms with Crippen LogP contribution in [0.25, 0.3) is 0 Å². The van der Waals surface area contributed by atoms with Gasteiger partial charge in [0.05, 0.1) is 25.9 Å². The van der Waals surface area contributed by atoms with E-state index in [1.54, 1.807) is 43.5 Å². The number of nitrogens with one attached hydrogen (secondary N) is 3. The van der Waals surface area contributed by atoms with Crippen LogP contribution >= 0.6 is 0 Å². The van der Waals surface area contributed by atoms with Gasteiger partial charge in [0.15, 0.2) is 0 Å². The highest BCUT2D eigenvalue weighted by molar-refractivity contribution is 6.04. The highest BCUT2D eigenvalue weighted by Gasteiger charge is 2.16. The number of ether oxygens (including phenoxy) is 2. The van der Waals surface area contributed by atoms with Gasteiger partial charge in [0.2, 0.25) is 0 Å². The third kappa shape index (κ3) is 6.60. The number of hydrogen-bond donors (Lipinski definition) is 3. The second kappa shape index (κ2) is 11.4. The standard InChI is InChI=1S/C23H31N5O4/c1-27(2)21-9-6-18(26-23(30)25-17-4-7-19(31-3)8-5-17)16-20(21)22(29)24-10-11-28-12-14-32-15-13-28/h4-9,16H,10-15H2,1-3H3,(H,24,29)(H2,25,26,30). The summed E-state index contributed by atoms with van der Waals surface area (Å²) < 4.78 is 10.5. The normalized spacial score (nSPS) is 13.8. The summed E-state index contributed by atoms with van der Waals surface area (Å²) in [5.41, 5.74) is 2.43. The zero-order valence-corrected chi connectivity index (χ0v) is 18.8. The van der Waals surface area contributed by atoms with Crippen LogP contribution in [-0.2, 0) is 4.74 Å². The minimum Gasteiger partial charge on any atom is -0.497 e. The molecule has 2 aromatic carbocycles. The maximum atomic E-state index is 12.9. The van der Waals surface area contributed by atoms with Crippen molar-refractivity contribution in [2.45, 2.75) is 0 Å². The molecule has 1 aliphatic heterocycles. The van der Waals surface area contributed by atoms with Crippen molar-refractivity contribution in [2.24, 2.45) is 0 Å². The molecule has 0 aromatic heterocycles. The summed E-state index contributed by atoms with van der Waals surface area (Å²) in [6.45, 7) is 4.52. The molecule has 1 aliphatic rings. The van der Waals surface area contributed by atoms with E-state index in [0.29, 0.717) is 29.2 Å². The van der Waals surface area contributed by atoms with Gasteiger partial charge in [-0.15, -0.1) is 0 Å². The first-order valence-corrected chi connectivity index (χ1v) is 10.6. The lowest BCUT2D eigenvalue weighted by molar-refractivity contribution is 0.0383. The molecule has 3 N–H and O–H groups in total. The van der Waals surface area contributed by atoms with Gasteiger partial charge in [-0.05, 0) is 42.5 Å². The van der Waals surface area contributed by atoms with Crippen LogP contribution in [0.3, 0.4) is 0 Å².